The summed E-state index contributed by atoms with van der Waals surface area (Å²) >= 11 is 6.01. The Bertz CT molecular complexity index is 386. The van der Waals surface area contributed by atoms with E-state index in [-0.39, 0.29) is 0 Å². The number of aryl methyl sites for hydroxylation is 1. The highest BCUT2D eigenvalue weighted by Crippen LogP contribution is 2.36. The molecule has 0 atom stereocenters. The average molecular weight is 229 g/mol. The van der Waals surface area contributed by atoms with Crippen molar-refractivity contribution >= 4 is 11.6 Å². The van der Waals surface area contributed by atoms with Gasteiger partial charge in [0.25, 0.3) is 0 Å². The molecule has 82 valence electrons. The second-order valence-electron chi connectivity index (χ2n) is 3.83. The van der Waals surface area contributed by atoms with Gasteiger partial charge in [-0.05, 0) is 30.2 Å². The molecule has 1 saturated heterocycles. The van der Waals surface area contributed by atoms with Gasteiger partial charge in [-0.1, -0.05) is 11.6 Å². The van der Waals surface area contributed by atoms with Crippen molar-refractivity contribution in [3.05, 3.63) is 28.3 Å². The van der Waals surface area contributed by atoms with E-state index in [2.05, 4.69) is 0 Å². The highest BCUT2D eigenvalue weighted by Gasteiger charge is 2.39. The Morgan fingerprint density at radius 3 is 2.60 bits per heavy atom. The molecule has 2 rings (SSSR count). The molecule has 1 aliphatic heterocycles. The number of methoxy groups -OCH3 is 1. The van der Waals surface area contributed by atoms with Crippen molar-refractivity contribution in [3.63, 3.8) is 0 Å². The number of hydrogen-bond donors (Lipinski definition) is 1. The summed E-state index contributed by atoms with van der Waals surface area (Å²) in [6.45, 7) is 2.58. The van der Waals surface area contributed by atoms with Gasteiger partial charge in [-0.3, -0.25) is 0 Å². The van der Waals surface area contributed by atoms with E-state index in [0.29, 0.717) is 24.0 Å². The van der Waals surface area contributed by atoms with Gasteiger partial charge >= 0.3 is 0 Å². The molecule has 0 aliphatic carbocycles. The van der Waals surface area contributed by atoms with Gasteiger partial charge in [0.2, 0.25) is 0 Å². The minimum absolute atomic E-state index is 0.330. The smallest absolute Gasteiger partial charge is 0.137 e. The second-order valence-corrected chi connectivity index (χ2v) is 4.23. The summed E-state index contributed by atoms with van der Waals surface area (Å²) in [5, 5.41) is 10.6. The van der Waals surface area contributed by atoms with Crippen LogP contribution in [-0.4, -0.2) is 25.4 Å². The van der Waals surface area contributed by atoms with Gasteiger partial charge in [0, 0.05) is 0 Å². The van der Waals surface area contributed by atoms with Crippen LogP contribution in [-0.2, 0) is 10.3 Å². The maximum atomic E-state index is 10.1. The first-order valence-corrected chi connectivity index (χ1v) is 5.09. The minimum Gasteiger partial charge on any atom is -0.495 e. The van der Waals surface area contributed by atoms with Crippen LogP contribution in [0.3, 0.4) is 0 Å². The average Bonchev–Trinajstić information content (AvgIpc) is 2.17. The van der Waals surface area contributed by atoms with E-state index >= 15 is 0 Å². The zero-order valence-corrected chi connectivity index (χ0v) is 9.47. The van der Waals surface area contributed by atoms with Crippen molar-refractivity contribution in [3.8, 4) is 5.75 Å². The molecule has 0 amide bonds. The fourth-order valence-electron chi connectivity index (χ4n) is 1.76. The van der Waals surface area contributed by atoms with E-state index in [1.165, 1.54) is 0 Å². The summed E-state index contributed by atoms with van der Waals surface area (Å²) in [6.07, 6.45) is 0. The van der Waals surface area contributed by atoms with Crippen LogP contribution < -0.4 is 4.74 Å². The molecule has 1 heterocycles. The quantitative estimate of drug-likeness (QED) is 0.840. The number of hydrogen-bond acceptors (Lipinski definition) is 3. The monoisotopic (exact) mass is 228 g/mol. The molecule has 1 aromatic rings. The van der Waals surface area contributed by atoms with Crippen LogP contribution >= 0.6 is 11.6 Å². The van der Waals surface area contributed by atoms with Gasteiger partial charge < -0.3 is 14.6 Å². The molecule has 0 spiro atoms. The maximum Gasteiger partial charge on any atom is 0.137 e. The number of benzene rings is 1. The first-order valence-electron chi connectivity index (χ1n) is 4.71. The molecule has 0 saturated carbocycles. The van der Waals surface area contributed by atoms with E-state index < -0.39 is 5.60 Å². The Morgan fingerprint density at radius 2 is 2.13 bits per heavy atom. The van der Waals surface area contributed by atoms with Crippen LogP contribution in [0.1, 0.15) is 11.1 Å². The lowest BCUT2D eigenvalue weighted by molar-refractivity contribution is -0.184. The third kappa shape index (κ3) is 1.71. The van der Waals surface area contributed by atoms with E-state index in [9.17, 15) is 5.11 Å². The Balaban J connectivity index is 2.45. The SMILES string of the molecule is COc1cc(C)c(C2(O)COC2)cc1Cl. The highest BCUT2D eigenvalue weighted by molar-refractivity contribution is 6.32. The largest absolute Gasteiger partial charge is 0.495 e. The summed E-state index contributed by atoms with van der Waals surface area (Å²) in [4.78, 5) is 0. The van der Waals surface area contributed by atoms with Gasteiger partial charge in [-0.15, -0.1) is 0 Å². The lowest BCUT2D eigenvalue weighted by atomic mass is 9.88. The van der Waals surface area contributed by atoms with Gasteiger partial charge in [0.05, 0.1) is 25.3 Å². The second kappa shape index (κ2) is 3.67. The third-order valence-corrected chi connectivity index (χ3v) is 2.98. The zero-order chi connectivity index (χ0) is 11.1. The number of halogens is 1. The molecule has 0 radical (unpaired) electrons. The van der Waals surface area contributed by atoms with E-state index in [0.717, 1.165) is 11.1 Å². The van der Waals surface area contributed by atoms with Gasteiger partial charge in [0.1, 0.15) is 11.4 Å². The van der Waals surface area contributed by atoms with E-state index in [4.69, 9.17) is 21.1 Å². The van der Waals surface area contributed by atoms with Crippen LogP contribution in [0.25, 0.3) is 0 Å². The highest BCUT2D eigenvalue weighted by atomic mass is 35.5. The Labute approximate surface area is 93.6 Å². The van der Waals surface area contributed by atoms with Gasteiger partial charge in [-0.2, -0.15) is 0 Å². The molecular weight excluding hydrogens is 216 g/mol. The third-order valence-electron chi connectivity index (χ3n) is 2.68. The summed E-state index contributed by atoms with van der Waals surface area (Å²) < 4.78 is 10.1. The predicted molar refractivity (Wildman–Crippen MR) is 57.5 cm³/mol. The number of rotatable bonds is 2. The predicted octanol–water partition coefficient (Wildman–Crippen LogP) is 1.87. The first kappa shape index (κ1) is 10.7. The summed E-state index contributed by atoms with van der Waals surface area (Å²) in [6, 6.07) is 3.58. The number of ether oxygens (including phenoxy) is 2. The van der Waals surface area contributed by atoms with Crippen LogP contribution in [0, 0.1) is 6.92 Å². The van der Waals surface area contributed by atoms with Gasteiger partial charge in [-0.25, -0.2) is 0 Å². The molecule has 0 aromatic heterocycles. The van der Waals surface area contributed by atoms with Crippen molar-refractivity contribution in [2.45, 2.75) is 12.5 Å². The minimum atomic E-state index is -0.875. The Morgan fingerprint density at radius 1 is 1.47 bits per heavy atom. The molecule has 0 bridgehead atoms. The summed E-state index contributed by atoms with van der Waals surface area (Å²) in [5.74, 6) is 0.627. The fraction of sp³-hybridized carbons (Fsp3) is 0.455. The molecule has 0 unspecified atom stereocenters. The van der Waals surface area contributed by atoms with Gasteiger partial charge in [0.15, 0.2) is 0 Å². The van der Waals surface area contributed by atoms with Crippen LogP contribution in [0.2, 0.25) is 5.02 Å². The molecule has 1 N–H and O–H groups in total. The lowest BCUT2D eigenvalue weighted by Crippen LogP contribution is -2.47. The summed E-state index contributed by atoms with van der Waals surface area (Å²) in [5.41, 5.74) is 0.904. The molecular formula is C11H13ClO3. The van der Waals surface area contributed by atoms with Crippen LogP contribution in [0.4, 0.5) is 0 Å². The molecule has 4 heteroatoms. The molecule has 1 aromatic carbocycles. The Hall–Kier alpha value is -0.770. The fourth-order valence-corrected chi connectivity index (χ4v) is 2.00. The number of aliphatic hydroxyl groups is 1. The molecule has 3 nitrogen and oxygen atoms in total. The van der Waals surface area contributed by atoms with E-state index in [1.54, 1.807) is 13.2 Å². The lowest BCUT2D eigenvalue weighted by Gasteiger charge is -2.37. The summed E-state index contributed by atoms with van der Waals surface area (Å²) in [7, 11) is 1.57. The van der Waals surface area contributed by atoms with Crippen molar-refractivity contribution in [2.75, 3.05) is 20.3 Å². The topological polar surface area (TPSA) is 38.7 Å². The van der Waals surface area contributed by atoms with E-state index in [1.807, 2.05) is 13.0 Å². The maximum absolute atomic E-state index is 10.1. The molecule has 1 fully saturated rings. The van der Waals surface area contributed by atoms with Crippen molar-refractivity contribution in [1.29, 1.82) is 0 Å². The normalized spacial score (nSPS) is 18.4. The van der Waals surface area contributed by atoms with Crippen molar-refractivity contribution in [1.82, 2.24) is 0 Å². The van der Waals surface area contributed by atoms with Crippen LogP contribution in [0.15, 0.2) is 12.1 Å². The van der Waals surface area contributed by atoms with Crippen LogP contribution in [0.5, 0.6) is 5.75 Å². The zero-order valence-electron chi connectivity index (χ0n) is 8.71. The molecule has 15 heavy (non-hydrogen) atoms. The first-order chi connectivity index (χ1) is 7.07. The molecule has 1 aliphatic rings. The standard InChI is InChI=1S/C11H13ClO3/c1-7-3-10(14-2)9(12)4-8(7)11(13)5-15-6-11/h3-4,13H,5-6H2,1-2H3. The van der Waals surface area contributed by atoms with Crippen molar-refractivity contribution < 1.29 is 14.6 Å². The van der Waals surface area contributed by atoms with Crippen molar-refractivity contribution in [2.24, 2.45) is 0 Å². The Kier molecular flexibility index (Phi) is 2.63.